The number of benzene rings is 1. The molecule has 0 saturated heterocycles. The predicted molar refractivity (Wildman–Crippen MR) is 112 cm³/mol. The van der Waals surface area contributed by atoms with Crippen LogP contribution < -0.4 is 16.2 Å². The summed E-state index contributed by atoms with van der Waals surface area (Å²) in [6.45, 7) is 2.35. The quantitative estimate of drug-likeness (QED) is 0.254. The first-order valence-corrected chi connectivity index (χ1v) is 9.05. The Hall–Kier alpha value is -2.40. The molecule has 6 nitrogen and oxygen atoms in total. The highest BCUT2D eigenvalue weighted by atomic mass is 32.1. The van der Waals surface area contributed by atoms with Gasteiger partial charge in [0.25, 0.3) is 0 Å². The molecule has 1 aromatic carbocycles. The van der Waals surface area contributed by atoms with E-state index in [-0.39, 0.29) is 5.11 Å². The van der Waals surface area contributed by atoms with Crippen LogP contribution >= 0.6 is 24.4 Å². The van der Waals surface area contributed by atoms with Crippen LogP contribution in [0.4, 0.5) is 13.2 Å². The second kappa shape index (κ2) is 11.4. The molecule has 1 rings (SSSR count). The number of alkyl halides is 3. The molecule has 1 aromatic rings. The number of carbonyl (C=O) groups is 1. The van der Waals surface area contributed by atoms with Crippen molar-refractivity contribution in [3.8, 4) is 0 Å². The lowest BCUT2D eigenvalue weighted by Crippen LogP contribution is -2.39. The van der Waals surface area contributed by atoms with Crippen molar-refractivity contribution in [1.29, 1.82) is 0 Å². The number of thiocarbonyl (C=S) groups is 2. The first kappa shape index (κ1) is 23.6. The Labute approximate surface area is 171 Å². The zero-order chi connectivity index (χ0) is 21.2. The van der Waals surface area contributed by atoms with E-state index in [4.69, 9.17) is 24.4 Å². The maximum atomic E-state index is 12.3. The monoisotopic (exact) mass is 431 g/mol. The fraction of sp³-hybridized carbons (Fsp3) is 0.353. The van der Waals surface area contributed by atoms with Crippen molar-refractivity contribution in [2.24, 2.45) is 10.2 Å². The van der Waals surface area contributed by atoms with Gasteiger partial charge in [0.05, 0.1) is 10.7 Å². The van der Waals surface area contributed by atoms with Crippen molar-refractivity contribution >= 4 is 52.2 Å². The molecular formula is C17H20F3N5OS2. The van der Waals surface area contributed by atoms with E-state index in [1.807, 2.05) is 12.2 Å². The minimum absolute atomic E-state index is 0.290. The Balaban J connectivity index is 3.02. The number of halogens is 3. The summed E-state index contributed by atoms with van der Waals surface area (Å²) < 4.78 is 36.8. The van der Waals surface area contributed by atoms with Crippen LogP contribution in [0, 0.1) is 0 Å². The van der Waals surface area contributed by atoms with E-state index in [2.05, 4.69) is 21.1 Å². The van der Waals surface area contributed by atoms with E-state index in [0.29, 0.717) is 40.2 Å². The Kier molecular flexibility index (Phi) is 9.66. The number of nitrogens with zero attached hydrogens (tertiary/aromatic N) is 2. The van der Waals surface area contributed by atoms with Crippen LogP contribution in [0.5, 0.6) is 0 Å². The summed E-state index contributed by atoms with van der Waals surface area (Å²) in [5, 5.41) is 9.96. The molecule has 0 spiro atoms. The molecule has 0 saturated carbocycles. The molecule has 28 heavy (non-hydrogen) atoms. The van der Waals surface area contributed by atoms with E-state index >= 15 is 0 Å². The normalized spacial score (nSPS) is 12.3. The summed E-state index contributed by atoms with van der Waals surface area (Å²) in [6, 6.07) is 6.45. The molecule has 3 N–H and O–H groups in total. The fourth-order valence-corrected chi connectivity index (χ4v) is 2.25. The van der Waals surface area contributed by atoms with Crippen LogP contribution in [0.3, 0.4) is 0 Å². The molecule has 0 fully saturated rings. The van der Waals surface area contributed by atoms with Gasteiger partial charge in [-0.1, -0.05) is 43.4 Å². The molecule has 0 unspecified atom stereocenters. The number of hydrogen-bond acceptors (Lipinski definition) is 5. The summed E-state index contributed by atoms with van der Waals surface area (Å²) in [7, 11) is 0. The van der Waals surface area contributed by atoms with E-state index in [1.54, 1.807) is 31.2 Å². The molecule has 0 atom stereocenters. The van der Waals surface area contributed by atoms with Gasteiger partial charge < -0.3 is 5.32 Å². The van der Waals surface area contributed by atoms with E-state index in [9.17, 15) is 18.0 Å². The van der Waals surface area contributed by atoms with Crippen molar-refractivity contribution in [3.05, 3.63) is 35.4 Å². The highest BCUT2D eigenvalue weighted by molar-refractivity contribution is 7.80. The third-order valence-corrected chi connectivity index (χ3v) is 3.74. The summed E-state index contributed by atoms with van der Waals surface area (Å²) in [5.41, 5.74) is 6.91. The van der Waals surface area contributed by atoms with Crippen LogP contribution in [0.15, 0.2) is 34.5 Å². The Morgan fingerprint density at radius 3 is 2.32 bits per heavy atom. The summed E-state index contributed by atoms with van der Waals surface area (Å²) in [5.74, 6) is 0. The van der Waals surface area contributed by atoms with Crippen molar-refractivity contribution in [2.45, 2.75) is 32.9 Å². The molecule has 0 aliphatic heterocycles. The summed E-state index contributed by atoms with van der Waals surface area (Å²) >= 11 is 9.94. The van der Waals surface area contributed by atoms with Crippen LogP contribution in [-0.4, -0.2) is 40.5 Å². The number of hydrogen-bond donors (Lipinski definition) is 3. The van der Waals surface area contributed by atoms with Gasteiger partial charge in [-0.25, -0.2) is 0 Å². The van der Waals surface area contributed by atoms with Crippen molar-refractivity contribution in [3.63, 3.8) is 0 Å². The lowest BCUT2D eigenvalue weighted by atomic mass is 10.1. The minimum atomic E-state index is -4.40. The first-order valence-electron chi connectivity index (χ1n) is 8.23. The third kappa shape index (κ3) is 9.00. The van der Waals surface area contributed by atoms with E-state index in [0.717, 1.165) is 6.42 Å². The lowest BCUT2D eigenvalue weighted by molar-refractivity contribution is -0.122. The topological polar surface area (TPSA) is 77.9 Å². The Bertz CT molecular complexity index is 761. The molecule has 0 aliphatic carbocycles. The molecule has 0 radical (unpaired) electrons. The zero-order valence-electron chi connectivity index (χ0n) is 15.3. The molecular weight excluding hydrogens is 411 g/mol. The summed E-state index contributed by atoms with van der Waals surface area (Å²) in [6.07, 6.45) is -2.19. The van der Waals surface area contributed by atoms with Gasteiger partial charge in [-0.3, -0.25) is 15.6 Å². The van der Waals surface area contributed by atoms with Gasteiger partial charge in [0, 0.05) is 11.1 Å². The van der Waals surface area contributed by atoms with Gasteiger partial charge in [-0.2, -0.15) is 23.4 Å². The average molecular weight is 432 g/mol. The minimum Gasteiger partial charge on any atom is -0.352 e. The molecule has 0 bridgehead atoms. The maximum absolute atomic E-state index is 12.3. The van der Waals surface area contributed by atoms with Crippen LogP contribution in [0.25, 0.3) is 0 Å². The Morgan fingerprint density at radius 2 is 1.79 bits per heavy atom. The summed E-state index contributed by atoms with van der Waals surface area (Å²) in [4.78, 5) is 11.4. The number of rotatable bonds is 8. The highest BCUT2D eigenvalue weighted by Gasteiger charge is 2.27. The SMILES string of the molecule is CCCC(=S)NN=C(C)C(=NNC(=S)NCC(F)(F)F)c1ccc(C=O)cc1. The molecule has 152 valence electrons. The molecule has 0 aliphatic rings. The second-order valence-corrected chi connectivity index (χ2v) is 6.49. The van der Waals surface area contributed by atoms with E-state index in [1.165, 1.54) is 0 Å². The van der Waals surface area contributed by atoms with Crippen LogP contribution in [0.2, 0.25) is 0 Å². The third-order valence-electron chi connectivity index (χ3n) is 3.21. The van der Waals surface area contributed by atoms with Gasteiger partial charge >= 0.3 is 6.18 Å². The van der Waals surface area contributed by atoms with Crippen molar-refractivity contribution < 1.29 is 18.0 Å². The van der Waals surface area contributed by atoms with Gasteiger partial charge in [-0.05, 0) is 32.0 Å². The number of aldehydes is 1. The fourth-order valence-electron chi connectivity index (χ4n) is 1.88. The average Bonchev–Trinajstić information content (AvgIpc) is 2.65. The molecule has 11 heteroatoms. The lowest BCUT2D eigenvalue weighted by Gasteiger charge is -2.12. The van der Waals surface area contributed by atoms with Crippen molar-refractivity contribution in [1.82, 2.24) is 16.2 Å². The first-order chi connectivity index (χ1) is 13.2. The smallest absolute Gasteiger partial charge is 0.352 e. The van der Waals surface area contributed by atoms with Crippen molar-refractivity contribution in [2.75, 3.05) is 6.54 Å². The van der Waals surface area contributed by atoms with Crippen LogP contribution in [0.1, 0.15) is 42.6 Å². The standard InChI is InChI=1S/C17H20F3N5OS2/c1-3-4-14(27)23-22-11(2)15(13-7-5-12(9-26)6-8-13)24-25-16(28)21-10-17(18,19)20/h5-9H,3-4,10H2,1-2H3,(H,23,27)(H2,21,25,28). The number of carbonyl (C=O) groups excluding carboxylic acids is 1. The van der Waals surface area contributed by atoms with Crippen LogP contribution in [-0.2, 0) is 0 Å². The Morgan fingerprint density at radius 1 is 1.14 bits per heavy atom. The number of nitrogens with one attached hydrogen (secondary N) is 3. The zero-order valence-corrected chi connectivity index (χ0v) is 16.9. The molecule has 0 amide bonds. The maximum Gasteiger partial charge on any atom is 0.405 e. The molecule has 0 aromatic heterocycles. The van der Waals surface area contributed by atoms with Gasteiger partial charge in [0.2, 0.25) is 0 Å². The van der Waals surface area contributed by atoms with Gasteiger partial charge in [0.15, 0.2) is 5.11 Å². The largest absolute Gasteiger partial charge is 0.405 e. The number of hydrazone groups is 2. The second-order valence-electron chi connectivity index (χ2n) is 5.59. The van der Waals surface area contributed by atoms with Gasteiger partial charge in [-0.15, -0.1) is 0 Å². The molecule has 0 heterocycles. The highest BCUT2D eigenvalue weighted by Crippen LogP contribution is 2.12. The van der Waals surface area contributed by atoms with Gasteiger partial charge in [0.1, 0.15) is 18.5 Å². The van der Waals surface area contributed by atoms with E-state index < -0.39 is 12.7 Å². The predicted octanol–water partition coefficient (Wildman–Crippen LogP) is 3.32.